The van der Waals surface area contributed by atoms with Gasteiger partial charge >= 0.3 is 11.9 Å². The molecule has 1 N–H and O–H groups in total. The Morgan fingerprint density at radius 1 is 1.00 bits per heavy atom. The number of ether oxygens (including phenoxy) is 2. The Morgan fingerprint density at radius 2 is 1.64 bits per heavy atom. The topological polar surface area (TPSA) is 72.8 Å². The number of carbonyl (C=O) groups excluding carboxylic acids is 1. The van der Waals surface area contributed by atoms with Crippen LogP contribution in [0.4, 0.5) is 0 Å². The van der Waals surface area contributed by atoms with E-state index in [9.17, 15) is 9.59 Å². The van der Waals surface area contributed by atoms with Gasteiger partial charge in [-0.25, -0.2) is 9.59 Å². The third-order valence-corrected chi connectivity index (χ3v) is 6.47. The molecule has 0 saturated heterocycles. The summed E-state index contributed by atoms with van der Waals surface area (Å²) in [5.74, 6) is -0.642. The van der Waals surface area contributed by atoms with Crippen molar-refractivity contribution in [2.45, 2.75) is 98.5 Å². The highest BCUT2D eigenvalue weighted by molar-refractivity contribution is 5.91. The van der Waals surface area contributed by atoms with Gasteiger partial charge in [0.1, 0.15) is 17.1 Å². The van der Waals surface area contributed by atoms with Gasteiger partial charge in [0.25, 0.3) is 0 Å². The smallest absolute Gasteiger partial charge is 0.336 e. The summed E-state index contributed by atoms with van der Waals surface area (Å²) in [5, 5.41) is 8.65. The van der Waals surface area contributed by atoms with Crippen LogP contribution in [0.2, 0.25) is 0 Å². The maximum Gasteiger partial charge on any atom is 0.336 e. The minimum Gasteiger partial charge on any atom is -0.487 e. The van der Waals surface area contributed by atoms with E-state index in [0.29, 0.717) is 5.75 Å². The van der Waals surface area contributed by atoms with Crippen molar-refractivity contribution in [1.82, 2.24) is 0 Å². The van der Waals surface area contributed by atoms with Crippen molar-refractivity contribution >= 4 is 11.9 Å². The van der Waals surface area contributed by atoms with E-state index in [2.05, 4.69) is 52.8 Å². The largest absolute Gasteiger partial charge is 0.487 e. The van der Waals surface area contributed by atoms with Gasteiger partial charge in [-0.15, -0.1) is 0 Å². The van der Waals surface area contributed by atoms with Crippen molar-refractivity contribution < 1.29 is 24.2 Å². The van der Waals surface area contributed by atoms with Gasteiger partial charge in [-0.2, -0.15) is 0 Å². The van der Waals surface area contributed by atoms with E-state index in [0.717, 1.165) is 80.4 Å². The van der Waals surface area contributed by atoms with Crippen molar-refractivity contribution in [3.05, 3.63) is 70.4 Å². The Labute approximate surface area is 216 Å². The van der Waals surface area contributed by atoms with E-state index in [1.165, 1.54) is 16.7 Å². The highest BCUT2D eigenvalue weighted by atomic mass is 16.5. The van der Waals surface area contributed by atoms with Gasteiger partial charge < -0.3 is 14.6 Å². The number of carbonyl (C=O) groups is 2. The molecule has 0 aromatic heterocycles. The molecule has 0 radical (unpaired) electrons. The molecule has 5 heteroatoms. The minimum absolute atomic E-state index is 0.238. The van der Waals surface area contributed by atoms with Crippen LogP contribution in [0, 0.1) is 6.92 Å². The van der Waals surface area contributed by atoms with Crippen LogP contribution < -0.4 is 9.47 Å². The number of allylic oxidation sites excluding steroid dienone is 6. The first-order valence-electron chi connectivity index (χ1n) is 12.9. The Morgan fingerprint density at radius 3 is 2.28 bits per heavy atom. The first-order chi connectivity index (χ1) is 17.0. The summed E-state index contributed by atoms with van der Waals surface area (Å²) in [6.07, 6.45) is 16.8. The van der Waals surface area contributed by atoms with Crippen LogP contribution in [0.3, 0.4) is 0 Å². The molecular weight excluding hydrogens is 452 g/mol. The number of aliphatic carboxylic acids is 1. The summed E-state index contributed by atoms with van der Waals surface area (Å²) in [7, 11) is 0. The lowest BCUT2D eigenvalue weighted by Gasteiger charge is -2.37. The zero-order chi connectivity index (χ0) is 26.7. The first-order valence-corrected chi connectivity index (χ1v) is 12.9. The molecule has 0 saturated carbocycles. The molecular formula is C31H42O5. The fourth-order valence-electron chi connectivity index (χ4n) is 4.33. The predicted molar refractivity (Wildman–Crippen MR) is 146 cm³/mol. The molecule has 0 amide bonds. The molecule has 5 nitrogen and oxygen atoms in total. The molecule has 1 atom stereocenters. The lowest BCUT2D eigenvalue weighted by molar-refractivity contribution is -0.133. The molecule has 1 aliphatic rings. The molecule has 0 bridgehead atoms. The number of hydrogen-bond donors (Lipinski definition) is 1. The molecule has 0 unspecified atom stereocenters. The molecule has 1 aliphatic heterocycles. The number of hydrogen-bond acceptors (Lipinski definition) is 4. The fourth-order valence-corrected chi connectivity index (χ4v) is 4.33. The Bertz CT molecular complexity index is 1050. The van der Waals surface area contributed by atoms with Crippen molar-refractivity contribution in [3.63, 3.8) is 0 Å². The van der Waals surface area contributed by atoms with Crippen LogP contribution in [0.15, 0.2) is 59.2 Å². The second-order valence-electron chi connectivity index (χ2n) is 10.4. The van der Waals surface area contributed by atoms with E-state index in [1.54, 1.807) is 6.07 Å². The molecule has 36 heavy (non-hydrogen) atoms. The molecule has 1 heterocycles. The van der Waals surface area contributed by atoms with Gasteiger partial charge in [0, 0.05) is 12.2 Å². The standard InChI is InChI=1S/C31H42O5/c1-22(2)10-7-11-23(3)12-8-13-24(4)14-9-18-31(6)19-17-26-21-27(20-25(5)30(26)36-31)35-29(34)16-15-28(32)33/h10,12,14-16,20-21H,7-9,11,13,17-19H2,1-6H3,(H,32,33)/t31-/m1/s1. The van der Waals surface area contributed by atoms with Crippen molar-refractivity contribution in [2.75, 3.05) is 0 Å². The van der Waals surface area contributed by atoms with Gasteiger partial charge in [-0.05, 0) is 116 Å². The van der Waals surface area contributed by atoms with Crippen molar-refractivity contribution in [3.8, 4) is 11.5 Å². The van der Waals surface area contributed by atoms with E-state index >= 15 is 0 Å². The number of benzene rings is 1. The fraction of sp³-hybridized carbons (Fsp3) is 0.484. The SMILES string of the molecule is CC(C)=CCCC(C)=CCCC(C)=CCC[C@]1(C)CCc2cc(OC(=O)C=CC(=O)O)cc(C)c2O1. The molecule has 0 fully saturated rings. The normalized spacial score (nSPS) is 17.9. The van der Waals surface area contributed by atoms with Crippen LogP contribution in [0.25, 0.3) is 0 Å². The number of aryl methyl sites for hydroxylation is 2. The zero-order valence-corrected chi connectivity index (χ0v) is 22.8. The summed E-state index contributed by atoms with van der Waals surface area (Å²) >= 11 is 0. The monoisotopic (exact) mass is 494 g/mol. The average molecular weight is 495 g/mol. The molecule has 1 aromatic rings. The molecule has 0 aliphatic carbocycles. The molecule has 1 aromatic carbocycles. The average Bonchev–Trinajstić information content (AvgIpc) is 2.78. The molecule has 2 rings (SSSR count). The highest BCUT2D eigenvalue weighted by Crippen LogP contribution is 2.40. The Kier molecular flexibility index (Phi) is 11.2. The second-order valence-corrected chi connectivity index (χ2v) is 10.4. The number of esters is 1. The van der Waals surface area contributed by atoms with Gasteiger partial charge in [0.05, 0.1) is 0 Å². The molecule has 0 spiro atoms. The first kappa shape index (κ1) is 29.2. The summed E-state index contributed by atoms with van der Waals surface area (Å²) in [6.45, 7) is 12.8. The summed E-state index contributed by atoms with van der Waals surface area (Å²) in [6, 6.07) is 3.57. The van der Waals surface area contributed by atoms with Crippen molar-refractivity contribution in [1.29, 1.82) is 0 Å². The zero-order valence-electron chi connectivity index (χ0n) is 22.8. The van der Waals surface area contributed by atoms with Crippen molar-refractivity contribution in [2.24, 2.45) is 0 Å². The van der Waals surface area contributed by atoms with Gasteiger partial charge in [0.2, 0.25) is 0 Å². The number of carboxylic acid groups (broad SMARTS) is 1. The summed E-state index contributed by atoms with van der Waals surface area (Å²) in [5.41, 5.74) is 5.94. The van der Waals surface area contributed by atoms with E-state index in [-0.39, 0.29) is 5.60 Å². The number of fused-ring (bicyclic) bond motifs is 1. The Balaban J connectivity index is 1.88. The lowest BCUT2D eigenvalue weighted by atomic mass is 9.87. The van der Waals surface area contributed by atoms with Crippen LogP contribution in [0.5, 0.6) is 11.5 Å². The highest BCUT2D eigenvalue weighted by Gasteiger charge is 2.32. The third kappa shape index (κ3) is 10.3. The third-order valence-electron chi connectivity index (χ3n) is 6.47. The number of rotatable bonds is 12. The quantitative estimate of drug-likeness (QED) is 0.139. The van der Waals surface area contributed by atoms with E-state index in [4.69, 9.17) is 14.6 Å². The summed E-state index contributed by atoms with van der Waals surface area (Å²) in [4.78, 5) is 22.4. The number of carboxylic acids is 1. The predicted octanol–water partition coefficient (Wildman–Crippen LogP) is 7.82. The van der Waals surface area contributed by atoms with E-state index < -0.39 is 11.9 Å². The summed E-state index contributed by atoms with van der Waals surface area (Å²) < 4.78 is 11.7. The maximum atomic E-state index is 11.8. The van der Waals surface area contributed by atoms with Crippen LogP contribution in [-0.2, 0) is 16.0 Å². The van der Waals surface area contributed by atoms with E-state index in [1.807, 2.05) is 13.0 Å². The second kappa shape index (κ2) is 13.9. The maximum absolute atomic E-state index is 11.8. The minimum atomic E-state index is -1.19. The van der Waals surface area contributed by atoms with Gasteiger partial charge in [0.15, 0.2) is 0 Å². The van der Waals surface area contributed by atoms with Crippen LogP contribution >= 0.6 is 0 Å². The van der Waals surface area contributed by atoms with Crippen LogP contribution in [0.1, 0.15) is 90.7 Å². The van der Waals surface area contributed by atoms with Gasteiger partial charge in [-0.3, -0.25) is 0 Å². The van der Waals surface area contributed by atoms with Gasteiger partial charge in [-0.1, -0.05) is 34.9 Å². The molecule has 196 valence electrons. The van der Waals surface area contributed by atoms with Crippen LogP contribution in [-0.4, -0.2) is 22.6 Å². The Hall–Kier alpha value is -3.08. The lowest BCUT2D eigenvalue weighted by Crippen LogP contribution is -2.36.